The summed E-state index contributed by atoms with van der Waals surface area (Å²) in [7, 11) is 0. The van der Waals surface area contributed by atoms with Crippen LogP contribution in [0.2, 0.25) is 0 Å². The molecule has 0 aromatic carbocycles. The van der Waals surface area contributed by atoms with Gasteiger partial charge in [0.25, 0.3) is 0 Å². The summed E-state index contributed by atoms with van der Waals surface area (Å²) in [6.45, 7) is -13.2. The van der Waals surface area contributed by atoms with Crippen molar-refractivity contribution < 1.29 is 321 Å². The molecule has 90 heavy (non-hydrogen) atoms. The molecule has 1 aliphatic rings. The van der Waals surface area contributed by atoms with Gasteiger partial charge in [0.05, 0.1) is 65.4 Å². The monoisotopic (exact) mass is 1610 g/mol. The molecular formula is C46H65Gd2N13Na4O25. The van der Waals surface area contributed by atoms with Crippen molar-refractivity contribution >= 4 is 89.2 Å². The van der Waals surface area contributed by atoms with E-state index in [4.69, 9.17) is 11.5 Å². The van der Waals surface area contributed by atoms with Crippen molar-refractivity contribution in [2.75, 3.05) is 124 Å². The number of nitrogens with two attached hydrogens (primary N) is 2. The van der Waals surface area contributed by atoms with Crippen LogP contribution >= 0.6 is 0 Å². The van der Waals surface area contributed by atoms with Gasteiger partial charge in [-0.25, -0.2) is 0 Å². The van der Waals surface area contributed by atoms with Crippen molar-refractivity contribution in [2.24, 2.45) is 11.5 Å². The fraction of sp³-hybridized carbons (Fsp3) is 0.674. The minimum atomic E-state index is -1.83. The van der Waals surface area contributed by atoms with Crippen molar-refractivity contribution in [3.8, 4) is 0 Å². The Bertz CT molecular complexity index is 2240. The van der Waals surface area contributed by atoms with Crippen molar-refractivity contribution in [1.82, 2.24) is 56.0 Å². The molecular weight excluding hydrogens is 1540 g/mol. The first kappa shape index (κ1) is 99.4. The molecule has 1 rings (SSSR count). The molecule has 2 radical (unpaired) electrons. The number of nitrogens with zero attached hydrogens (tertiary/aromatic N) is 6. The minimum Gasteiger partial charge on any atom is -0.549 e. The van der Waals surface area contributed by atoms with Crippen LogP contribution in [0, 0.1) is 79.9 Å². The standard InChI is InChI=1S/C46H75N13O25.2Gd.4Na/c47-27(17-50-31(60)3-1-29(44(81)82)58(13-9-54(19-34(63)64)20-35(65)66)14-10-55(21-36(67)68)22-37(69)70)42(79)49-8-5-33(62)52-28(43(80)53-46(48)6-7-46)18-51-32(61)4-2-30(45(83)84)59(15-11-56(23-38(71)72)24-39(73)74)16-12-57(25-40(75)76)26-41(77)78;;;;;;/h27-30H,1-26,47-48H2,(H,49,79)(H,50,60)(H,51,61)(H,52,62)(H,53,80)(H,63,64)(H,65,66)(H,67,68)(H,69,70)(H,71,72)(H,73,74)(H,75,76)(H,77,78)(H,81,82)(H,83,84);;;;;;/q;2*+3;4*+1/p-10/t27?,28?,29-,30-;;;;;;/m0....../s1. The molecule has 484 valence electrons. The number of carboxylic acid groups (broad SMARTS) is 10. The Labute approximate surface area is 668 Å². The zero-order valence-electron chi connectivity index (χ0n) is 49.9. The fourth-order valence-corrected chi connectivity index (χ4v) is 7.89. The summed E-state index contributed by atoms with van der Waals surface area (Å²) in [6, 6.07) is -6.56. The van der Waals surface area contributed by atoms with Gasteiger partial charge in [0.2, 0.25) is 29.5 Å². The summed E-state index contributed by atoms with van der Waals surface area (Å²) in [5.41, 5.74) is 10.7. The van der Waals surface area contributed by atoms with E-state index in [0.29, 0.717) is 12.8 Å². The second-order valence-corrected chi connectivity index (χ2v) is 19.2. The van der Waals surface area contributed by atoms with Crippen molar-refractivity contribution in [3.05, 3.63) is 0 Å². The number of rotatable bonds is 49. The normalized spacial score (nSPS) is 13.1. The van der Waals surface area contributed by atoms with E-state index in [-0.39, 0.29) is 198 Å². The van der Waals surface area contributed by atoms with Gasteiger partial charge in [-0.15, -0.1) is 0 Å². The van der Waals surface area contributed by atoms with Gasteiger partial charge in [0.15, 0.2) is 0 Å². The molecule has 38 nitrogen and oxygen atoms in total. The second kappa shape index (κ2) is 53.5. The summed E-state index contributed by atoms with van der Waals surface area (Å²) < 4.78 is 0. The van der Waals surface area contributed by atoms with Crippen LogP contribution in [0.4, 0.5) is 0 Å². The van der Waals surface area contributed by atoms with Gasteiger partial charge in [0, 0.05) is 156 Å². The summed E-state index contributed by atoms with van der Waals surface area (Å²) in [6.07, 6.45) is -2.34. The van der Waals surface area contributed by atoms with Crippen LogP contribution in [0.25, 0.3) is 0 Å². The molecule has 9 N–H and O–H groups in total. The average Bonchev–Trinajstić information content (AvgIpc) is 1.87. The molecule has 0 heterocycles. The van der Waals surface area contributed by atoms with Gasteiger partial charge in [-0.1, -0.05) is 0 Å². The fourth-order valence-electron chi connectivity index (χ4n) is 7.89. The number of carbonyl (C=O) groups is 15. The van der Waals surface area contributed by atoms with Gasteiger partial charge in [-0.05, 0) is 25.7 Å². The first-order chi connectivity index (χ1) is 39.2. The Balaban J connectivity index is -0.00000294. The van der Waals surface area contributed by atoms with Crippen LogP contribution < -0.4 is 207 Å². The molecule has 0 aromatic heterocycles. The third kappa shape index (κ3) is 48.1. The molecule has 2 unspecified atom stereocenters. The topological polar surface area (TPSA) is 618 Å². The number of nitrogens with one attached hydrogen (secondary N) is 5. The van der Waals surface area contributed by atoms with E-state index in [1.165, 1.54) is 0 Å². The summed E-state index contributed by atoms with van der Waals surface area (Å²) in [5.74, 6) is -22.0. The maximum absolute atomic E-state index is 13.2. The molecule has 5 amide bonds. The summed E-state index contributed by atoms with van der Waals surface area (Å²) in [5, 5.41) is 126. The van der Waals surface area contributed by atoms with E-state index in [1.807, 2.05) is 0 Å². The Morgan fingerprint density at radius 3 is 0.956 bits per heavy atom. The Morgan fingerprint density at radius 1 is 0.400 bits per heavy atom. The Morgan fingerprint density at radius 2 is 0.689 bits per heavy atom. The maximum Gasteiger partial charge on any atom is 3.00 e. The second-order valence-electron chi connectivity index (χ2n) is 19.2. The predicted molar refractivity (Wildman–Crippen MR) is 253 cm³/mol. The predicted octanol–water partition coefficient (Wildman–Crippen LogP) is -34.3. The van der Waals surface area contributed by atoms with E-state index < -0.39 is 276 Å². The summed E-state index contributed by atoms with van der Waals surface area (Å²) in [4.78, 5) is 185. The molecule has 1 fully saturated rings. The van der Waals surface area contributed by atoms with Crippen molar-refractivity contribution in [2.45, 2.75) is 74.8 Å². The molecule has 0 bridgehead atoms. The van der Waals surface area contributed by atoms with Crippen LogP contribution in [0.3, 0.4) is 0 Å². The van der Waals surface area contributed by atoms with Crippen LogP contribution in [0.15, 0.2) is 0 Å². The van der Waals surface area contributed by atoms with E-state index in [2.05, 4.69) is 26.6 Å². The van der Waals surface area contributed by atoms with E-state index in [1.54, 1.807) is 0 Å². The number of carboxylic acids is 10. The first-order valence-corrected chi connectivity index (χ1v) is 25.5. The van der Waals surface area contributed by atoms with Gasteiger partial charge in [-0.2, -0.15) is 0 Å². The number of amides is 5. The summed E-state index contributed by atoms with van der Waals surface area (Å²) >= 11 is 0. The largest absolute Gasteiger partial charge is 3.00 e. The maximum atomic E-state index is 13.2. The van der Waals surface area contributed by atoms with Crippen LogP contribution in [0.5, 0.6) is 0 Å². The van der Waals surface area contributed by atoms with Gasteiger partial charge < -0.3 is 137 Å². The molecule has 4 atom stereocenters. The number of hydrogen-bond donors (Lipinski definition) is 7. The number of aliphatic carboxylic acids is 10. The van der Waals surface area contributed by atoms with Gasteiger partial charge in [0.1, 0.15) is 12.1 Å². The third-order valence-corrected chi connectivity index (χ3v) is 12.2. The third-order valence-electron chi connectivity index (χ3n) is 12.2. The zero-order valence-corrected chi connectivity index (χ0v) is 62.5. The quantitative estimate of drug-likeness (QED) is 0.0220. The van der Waals surface area contributed by atoms with Crippen LogP contribution in [0.1, 0.15) is 44.9 Å². The number of hydrogen-bond acceptors (Lipinski definition) is 33. The zero-order chi connectivity index (χ0) is 63.9. The molecule has 0 aromatic rings. The molecule has 44 heteroatoms. The van der Waals surface area contributed by atoms with Crippen LogP contribution in [-0.2, 0) is 71.9 Å². The van der Waals surface area contributed by atoms with E-state index in [0.717, 1.165) is 29.4 Å². The molecule has 0 aliphatic heterocycles. The van der Waals surface area contributed by atoms with Crippen molar-refractivity contribution in [1.29, 1.82) is 0 Å². The van der Waals surface area contributed by atoms with Gasteiger partial charge >= 0.3 is 198 Å². The Kier molecular flexibility index (Phi) is 59.1. The molecule has 1 aliphatic carbocycles. The van der Waals surface area contributed by atoms with Crippen molar-refractivity contribution in [3.63, 3.8) is 0 Å². The van der Waals surface area contributed by atoms with Crippen LogP contribution in [-0.4, -0.2) is 273 Å². The van der Waals surface area contributed by atoms with E-state index in [9.17, 15) is 123 Å². The molecule has 1 saturated carbocycles. The smallest absolute Gasteiger partial charge is 0.549 e. The SMILES string of the molecule is NC(CNC(=O)CC[C@@H](C(=O)[O-])N(CCN(CC(=O)[O-])CC(=O)[O-])CCN(CC(=O)[O-])CC(=O)[O-])C(=O)NCCC(=O)NC(CNC(=O)CC[C@@H](C(=O)[O-])N(CCN(CC(=O)[O-])CC(=O)[O-])CCN(CC(=O)[O-])CC(=O)[O-])C(=O)NC1(N)CC1.[Gd+3].[Gd+3].[Na+].[Na+].[Na+].[Na+]. The molecule has 0 spiro atoms. The van der Waals surface area contributed by atoms with Gasteiger partial charge in [-0.3, -0.25) is 53.4 Å². The number of carbonyl (C=O) groups excluding carboxylic acids is 15. The average molecular weight is 1610 g/mol. The minimum absolute atomic E-state index is 0. The first-order valence-electron chi connectivity index (χ1n) is 25.5. The van der Waals surface area contributed by atoms with E-state index >= 15 is 0 Å². The Hall–Kier alpha value is -1.62. The molecule has 0 saturated heterocycles.